The predicted molar refractivity (Wildman–Crippen MR) is 96.0 cm³/mol. The van der Waals surface area contributed by atoms with Crippen LogP contribution in [0.2, 0.25) is 0 Å². The van der Waals surface area contributed by atoms with Gasteiger partial charge < -0.3 is 14.8 Å². The number of hydrogen-bond acceptors (Lipinski definition) is 5. The predicted octanol–water partition coefficient (Wildman–Crippen LogP) is 2.81. The van der Waals surface area contributed by atoms with Crippen molar-refractivity contribution < 1.29 is 22.7 Å². The molecule has 0 atom stereocenters. The third kappa shape index (κ3) is 4.96. The van der Waals surface area contributed by atoms with Gasteiger partial charge in [-0.1, -0.05) is 17.7 Å². The Labute approximate surface area is 147 Å². The van der Waals surface area contributed by atoms with Gasteiger partial charge in [-0.15, -0.1) is 0 Å². The maximum Gasteiger partial charge on any atom is 0.225 e. The molecule has 0 heterocycles. The van der Waals surface area contributed by atoms with Crippen molar-refractivity contribution in [1.82, 2.24) is 0 Å². The normalized spacial score (nSPS) is 11.0. The summed E-state index contributed by atoms with van der Waals surface area (Å²) in [6.07, 6.45) is -0.134. The molecule has 1 N–H and O–H groups in total. The van der Waals surface area contributed by atoms with Gasteiger partial charge in [0.15, 0.2) is 21.3 Å². The summed E-state index contributed by atoms with van der Waals surface area (Å²) in [5, 5.41) is 2.66. The van der Waals surface area contributed by atoms with Crippen LogP contribution >= 0.6 is 0 Å². The molecule has 0 aromatic heterocycles. The highest BCUT2D eigenvalue weighted by Gasteiger charge is 2.16. The molecular formula is C18H21NO5S. The summed E-state index contributed by atoms with van der Waals surface area (Å²) in [6, 6.07) is 11.5. The van der Waals surface area contributed by atoms with Crippen molar-refractivity contribution in [2.24, 2.45) is 0 Å². The number of ether oxygens (including phenoxy) is 2. The van der Waals surface area contributed by atoms with Crippen LogP contribution in [-0.4, -0.2) is 34.3 Å². The molecule has 0 radical (unpaired) electrons. The van der Waals surface area contributed by atoms with Gasteiger partial charge in [0.05, 0.1) is 24.9 Å². The summed E-state index contributed by atoms with van der Waals surface area (Å²) < 4.78 is 34.8. The third-order valence-corrected chi connectivity index (χ3v) is 5.38. The van der Waals surface area contributed by atoms with Crippen molar-refractivity contribution in [3.05, 3.63) is 48.0 Å². The van der Waals surface area contributed by atoms with E-state index < -0.39 is 9.84 Å². The molecule has 2 aromatic rings. The Hall–Kier alpha value is -2.54. The molecule has 0 aliphatic rings. The van der Waals surface area contributed by atoms with Crippen LogP contribution in [0.15, 0.2) is 47.4 Å². The number of benzene rings is 2. The number of aryl methyl sites for hydroxylation is 1. The fourth-order valence-electron chi connectivity index (χ4n) is 2.23. The molecule has 0 aliphatic heterocycles. The van der Waals surface area contributed by atoms with E-state index in [2.05, 4.69) is 5.32 Å². The van der Waals surface area contributed by atoms with Crippen LogP contribution in [0.3, 0.4) is 0 Å². The van der Waals surface area contributed by atoms with Crippen LogP contribution in [-0.2, 0) is 14.6 Å². The van der Waals surface area contributed by atoms with E-state index in [1.165, 1.54) is 14.2 Å². The summed E-state index contributed by atoms with van der Waals surface area (Å²) >= 11 is 0. The molecule has 0 unspecified atom stereocenters. The molecule has 0 saturated carbocycles. The van der Waals surface area contributed by atoms with Gasteiger partial charge in [-0.25, -0.2) is 8.42 Å². The third-order valence-electron chi connectivity index (χ3n) is 3.65. The Bertz CT molecular complexity index is 844. The lowest BCUT2D eigenvalue weighted by Gasteiger charge is -2.11. The molecule has 2 aromatic carbocycles. The topological polar surface area (TPSA) is 81.7 Å². The highest BCUT2D eigenvalue weighted by molar-refractivity contribution is 7.91. The Balaban J connectivity index is 1.99. The number of methoxy groups -OCH3 is 2. The lowest BCUT2D eigenvalue weighted by molar-refractivity contribution is -0.115. The van der Waals surface area contributed by atoms with Gasteiger partial charge in [0.1, 0.15) is 0 Å². The van der Waals surface area contributed by atoms with Crippen LogP contribution in [0.5, 0.6) is 11.5 Å². The van der Waals surface area contributed by atoms with Gasteiger partial charge in [0.25, 0.3) is 0 Å². The van der Waals surface area contributed by atoms with Crippen molar-refractivity contribution in [1.29, 1.82) is 0 Å². The summed E-state index contributed by atoms with van der Waals surface area (Å²) in [6.45, 7) is 1.88. The van der Waals surface area contributed by atoms with E-state index in [1.807, 2.05) is 6.92 Å². The fraction of sp³-hybridized carbons (Fsp3) is 0.278. The minimum Gasteiger partial charge on any atom is -0.493 e. The van der Waals surface area contributed by atoms with Gasteiger partial charge in [-0.2, -0.15) is 0 Å². The molecule has 134 valence electrons. The van der Waals surface area contributed by atoms with E-state index in [9.17, 15) is 13.2 Å². The van der Waals surface area contributed by atoms with E-state index in [4.69, 9.17) is 9.47 Å². The molecule has 0 fully saturated rings. The van der Waals surface area contributed by atoms with Crippen LogP contribution in [0.4, 0.5) is 5.69 Å². The molecule has 0 saturated heterocycles. The number of hydrogen-bond donors (Lipinski definition) is 1. The van der Waals surface area contributed by atoms with Crippen molar-refractivity contribution in [2.75, 3.05) is 25.3 Å². The molecule has 0 bridgehead atoms. The molecule has 7 heteroatoms. The van der Waals surface area contributed by atoms with Crippen molar-refractivity contribution in [3.63, 3.8) is 0 Å². The monoisotopic (exact) mass is 363 g/mol. The van der Waals surface area contributed by atoms with Gasteiger partial charge >= 0.3 is 0 Å². The Kier molecular flexibility index (Phi) is 6.03. The number of nitrogens with one attached hydrogen (secondary N) is 1. The maximum atomic E-state index is 12.3. The zero-order valence-corrected chi connectivity index (χ0v) is 15.2. The van der Waals surface area contributed by atoms with E-state index in [-0.39, 0.29) is 23.0 Å². The number of anilines is 1. The van der Waals surface area contributed by atoms with Gasteiger partial charge in [-0.3, -0.25) is 4.79 Å². The standard InChI is InChI=1S/C18H21NO5S/c1-13-4-7-15(8-5-13)25(21,22)11-10-18(20)19-14-6-9-16(23-2)17(12-14)24-3/h4-9,12H,10-11H2,1-3H3,(H,19,20). The molecule has 1 amide bonds. The van der Waals surface area contributed by atoms with Crippen molar-refractivity contribution in [2.45, 2.75) is 18.2 Å². The van der Waals surface area contributed by atoms with E-state index >= 15 is 0 Å². The second-order valence-electron chi connectivity index (χ2n) is 5.50. The number of amides is 1. The van der Waals surface area contributed by atoms with E-state index in [0.29, 0.717) is 17.2 Å². The zero-order valence-electron chi connectivity index (χ0n) is 14.4. The summed E-state index contributed by atoms with van der Waals surface area (Å²) in [5.74, 6) is 0.382. The average molecular weight is 363 g/mol. The summed E-state index contributed by atoms with van der Waals surface area (Å²) in [4.78, 5) is 12.3. The zero-order chi connectivity index (χ0) is 18.4. The summed E-state index contributed by atoms with van der Waals surface area (Å²) in [5.41, 5.74) is 1.49. The fourth-order valence-corrected chi connectivity index (χ4v) is 3.47. The second kappa shape index (κ2) is 8.02. The number of carbonyl (C=O) groups excluding carboxylic acids is 1. The van der Waals surface area contributed by atoms with Crippen LogP contribution in [0.25, 0.3) is 0 Å². The Morgan fingerprint density at radius 3 is 2.24 bits per heavy atom. The van der Waals surface area contributed by atoms with Crippen LogP contribution in [0, 0.1) is 6.92 Å². The van der Waals surface area contributed by atoms with Crippen LogP contribution in [0.1, 0.15) is 12.0 Å². The number of sulfone groups is 1. The molecule has 0 aliphatic carbocycles. The van der Waals surface area contributed by atoms with Gasteiger partial charge in [0.2, 0.25) is 5.91 Å². The largest absolute Gasteiger partial charge is 0.493 e. The van der Waals surface area contributed by atoms with Crippen molar-refractivity contribution in [3.8, 4) is 11.5 Å². The molecule has 25 heavy (non-hydrogen) atoms. The highest BCUT2D eigenvalue weighted by atomic mass is 32.2. The molecular weight excluding hydrogens is 342 g/mol. The molecule has 6 nitrogen and oxygen atoms in total. The van der Waals surface area contributed by atoms with Gasteiger partial charge in [0, 0.05) is 18.2 Å². The van der Waals surface area contributed by atoms with E-state index in [0.717, 1.165) is 5.56 Å². The summed E-state index contributed by atoms with van der Waals surface area (Å²) in [7, 11) is -0.476. The average Bonchev–Trinajstić information content (AvgIpc) is 2.60. The highest BCUT2D eigenvalue weighted by Crippen LogP contribution is 2.29. The maximum absolute atomic E-state index is 12.3. The molecule has 2 rings (SSSR count). The smallest absolute Gasteiger partial charge is 0.225 e. The van der Waals surface area contributed by atoms with Crippen molar-refractivity contribution >= 4 is 21.4 Å². The van der Waals surface area contributed by atoms with E-state index in [1.54, 1.807) is 42.5 Å². The van der Waals surface area contributed by atoms with Gasteiger partial charge in [-0.05, 0) is 31.2 Å². The molecule has 0 spiro atoms. The minimum absolute atomic E-state index is 0.134. The number of carbonyl (C=O) groups is 1. The Morgan fingerprint density at radius 1 is 1.00 bits per heavy atom. The first kappa shape index (κ1) is 18.8. The first-order valence-corrected chi connectivity index (χ1v) is 9.32. The first-order chi connectivity index (χ1) is 11.9. The quantitative estimate of drug-likeness (QED) is 0.818. The first-order valence-electron chi connectivity index (χ1n) is 7.67. The number of rotatable bonds is 7. The lowest BCUT2D eigenvalue weighted by atomic mass is 10.2. The Morgan fingerprint density at radius 2 is 1.64 bits per heavy atom. The second-order valence-corrected chi connectivity index (χ2v) is 7.61. The SMILES string of the molecule is COc1ccc(NC(=O)CCS(=O)(=O)c2ccc(C)cc2)cc1OC. The minimum atomic E-state index is -3.49. The van der Waals surface area contributed by atoms with Crippen LogP contribution < -0.4 is 14.8 Å². The lowest BCUT2D eigenvalue weighted by Crippen LogP contribution is -2.17.